The maximum atomic E-state index is 12.8. The van der Waals surface area contributed by atoms with E-state index in [1.807, 2.05) is 24.0 Å². The summed E-state index contributed by atoms with van der Waals surface area (Å²) in [5.74, 6) is 0.167. The zero-order valence-corrected chi connectivity index (χ0v) is 17.5. The minimum Gasteiger partial charge on any atom is -0.332 e. The molecule has 0 aliphatic carbocycles. The van der Waals surface area contributed by atoms with Crippen molar-refractivity contribution in [2.45, 2.75) is 37.7 Å². The van der Waals surface area contributed by atoms with Crippen molar-refractivity contribution in [1.82, 2.24) is 24.6 Å². The van der Waals surface area contributed by atoms with E-state index in [1.165, 1.54) is 11.8 Å². The molecule has 1 N–H and O–H groups in total. The molecule has 0 saturated carbocycles. The van der Waals surface area contributed by atoms with Crippen LogP contribution in [0.25, 0.3) is 22.1 Å². The lowest BCUT2D eigenvalue weighted by Gasteiger charge is -2.32. The Morgan fingerprint density at radius 3 is 2.68 bits per heavy atom. The van der Waals surface area contributed by atoms with Gasteiger partial charge in [0.2, 0.25) is 11.1 Å². The van der Waals surface area contributed by atoms with Gasteiger partial charge in [0, 0.05) is 11.9 Å². The molecule has 8 heteroatoms. The molecular formula is C20H27N6OS+. The Morgan fingerprint density at radius 2 is 1.96 bits per heavy atom. The van der Waals surface area contributed by atoms with Crippen molar-refractivity contribution in [1.29, 1.82) is 0 Å². The number of fused-ring (bicyclic) bond motifs is 3. The second-order valence-corrected chi connectivity index (χ2v) is 8.52. The molecule has 4 rings (SSSR count). The number of thioether (sulfide) groups is 1. The first kappa shape index (κ1) is 19.1. The van der Waals surface area contributed by atoms with Gasteiger partial charge in [0.1, 0.15) is 5.52 Å². The second kappa shape index (κ2) is 8.05. The van der Waals surface area contributed by atoms with Gasteiger partial charge in [-0.25, -0.2) is 4.98 Å². The smallest absolute Gasteiger partial charge is 0.236 e. The van der Waals surface area contributed by atoms with Crippen molar-refractivity contribution in [3.63, 3.8) is 0 Å². The minimum atomic E-state index is -0.220. The highest BCUT2D eigenvalue weighted by molar-refractivity contribution is 8.00. The highest BCUT2D eigenvalue weighted by Gasteiger charge is 2.27. The van der Waals surface area contributed by atoms with Gasteiger partial charge in [-0.1, -0.05) is 30.0 Å². The first-order valence-corrected chi connectivity index (χ1v) is 10.9. The number of nitrogens with zero attached hydrogens (tertiary/aromatic N) is 5. The molecular weight excluding hydrogens is 372 g/mol. The number of likely N-dealkylation sites (N-methyl/N-ethyl adjacent to an activating group) is 1. The van der Waals surface area contributed by atoms with E-state index in [0.717, 1.165) is 61.3 Å². The highest BCUT2D eigenvalue weighted by atomic mass is 32.2. The quantitative estimate of drug-likeness (QED) is 0.654. The van der Waals surface area contributed by atoms with Crippen LogP contribution in [0.1, 0.15) is 20.8 Å². The van der Waals surface area contributed by atoms with E-state index in [2.05, 4.69) is 40.7 Å². The molecule has 1 aliphatic heterocycles. The predicted molar refractivity (Wildman–Crippen MR) is 112 cm³/mol. The van der Waals surface area contributed by atoms with E-state index in [-0.39, 0.29) is 11.2 Å². The third kappa shape index (κ3) is 3.46. The van der Waals surface area contributed by atoms with Crippen molar-refractivity contribution in [3.8, 4) is 0 Å². The maximum Gasteiger partial charge on any atom is 0.236 e. The Kier molecular flexibility index (Phi) is 5.50. The number of piperazine rings is 1. The third-order valence-corrected chi connectivity index (χ3v) is 6.52. The van der Waals surface area contributed by atoms with Crippen LogP contribution in [-0.2, 0) is 11.3 Å². The molecule has 3 heterocycles. The fourth-order valence-corrected chi connectivity index (χ4v) is 4.72. The Bertz CT molecular complexity index is 995. The average molecular weight is 400 g/mol. The summed E-state index contributed by atoms with van der Waals surface area (Å²) in [5.41, 5.74) is 2.77. The Labute approximate surface area is 169 Å². The van der Waals surface area contributed by atoms with Gasteiger partial charge < -0.3 is 14.4 Å². The van der Waals surface area contributed by atoms with Crippen LogP contribution in [0.5, 0.6) is 0 Å². The van der Waals surface area contributed by atoms with E-state index < -0.39 is 0 Å². The number of amides is 1. The topological polar surface area (TPSA) is 68.3 Å². The first-order valence-electron chi connectivity index (χ1n) is 10.0. The van der Waals surface area contributed by atoms with Gasteiger partial charge in [-0.05, 0) is 26.8 Å². The normalized spacial score (nSPS) is 16.8. The monoisotopic (exact) mass is 399 g/mol. The number of nitrogens with one attached hydrogen (secondary N) is 1. The van der Waals surface area contributed by atoms with Gasteiger partial charge in [-0.15, -0.1) is 10.2 Å². The lowest BCUT2D eigenvalue weighted by Crippen LogP contribution is -3.14. The van der Waals surface area contributed by atoms with E-state index >= 15 is 0 Å². The van der Waals surface area contributed by atoms with Crippen LogP contribution in [0, 0.1) is 0 Å². The fourth-order valence-electron chi connectivity index (χ4n) is 3.92. The number of para-hydroxylation sites is 1. The molecule has 28 heavy (non-hydrogen) atoms. The summed E-state index contributed by atoms with van der Waals surface area (Å²) in [6.45, 7) is 11.9. The number of benzene rings is 1. The number of rotatable bonds is 5. The number of carbonyl (C=O) groups is 1. The molecule has 1 amide bonds. The predicted octanol–water partition coefficient (Wildman–Crippen LogP) is 1.23. The van der Waals surface area contributed by atoms with Crippen LogP contribution in [0.2, 0.25) is 0 Å². The third-order valence-electron chi connectivity index (χ3n) is 5.58. The summed E-state index contributed by atoms with van der Waals surface area (Å²) in [6, 6.07) is 8.17. The van der Waals surface area contributed by atoms with E-state index in [4.69, 9.17) is 4.98 Å². The molecule has 1 aliphatic rings. The number of hydrogen-bond donors (Lipinski definition) is 1. The number of carbonyl (C=O) groups excluding carboxylic acids is 1. The molecule has 0 radical (unpaired) electrons. The summed E-state index contributed by atoms with van der Waals surface area (Å²) in [7, 11) is 0. The Balaban J connectivity index is 1.54. The van der Waals surface area contributed by atoms with Crippen molar-refractivity contribution >= 4 is 39.7 Å². The van der Waals surface area contributed by atoms with Crippen molar-refractivity contribution < 1.29 is 9.69 Å². The number of hydrogen-bond acceptors (Lipinski definition) is 5. The molecule has 3 aromatic rings. The van der Waals surface area contributed by atoms with Crippen LogP contribution in [0.15, 0.2) is 29.4 Å². The molecule has 148 valence electrons. The molecule has 7 nitrogen and oxygen atoms in total. The van der Waals surface area contributed by atoms with Gasteiger partial charge in [-0.2, -0.15) is 0 Å². The summed E-state index contributed by atoms with van der Waals surface area (Å²) in [6.07, 6.45) is 0. The molecule has 0 bridgehead atoms. The lowest BCUT2D eigenvalue weighted by atomic mass is 10.2. The summed E-state index contributed by atoms with van der Waals surface area (Å²) in [5, 5.41) is 10.2. The SMILES string of the molecule is CCn1c2ccccc2c2nnc(S[C@H](C)C(=O)N3CC[NH+](CC)CC3)nc21. The fraction of sp³-hybridized carbons (Fsp3) is 0.500. The largest absolute Gasteiger partial charge is 0.332 e. The summed E-state index contributed by atoms with van der Waals surface area (Å²) >= 11 is 1.40. The molecule has 0 spiro atoms. The van der Waals surface area contributed by atoms with Crippen LogP contribution < -0.4 is 4.90 Å². The Morgan fingerprint density at radius 1 is 1.21 bits per heavy atom. The molecule has 1 aromatic carbocycles. The molecule has 1 saturated heterocycles. The standard InChI is InChI=1S/C20H26N6OS/c1-4-24-10-12-25(13-11-24)19(27)14(3)28-20-21-18-17(22-23-20)15-8-6-7-9-16(15)26(18)5-2/h6-9,14H,4-5,10-13H2,1-3H3/p+1/t14-/m1/s1. The van der Waals surface area contributed by atoms with Gasteiger partial charge in [0.25, 0.3) is 0 Å². The second-order valence-electron chi connectivity index (χ2n) is 7.22. The van der Waals surface area contributed by atoms with Crippen LogP contribution in [0.4, 0.5) is 0 Å². The molecule has 2 aromatic heterocycles. The zero-order chi connectivity index (χ0) is 19.7. The molecule has 1 atom stereocenters. The van der Waals surface area contributed by atoms with Crippen LogP contribution >= 0.6 is 11.8 Å². The van der Waals surface area contributed by atoms with Gasteiger partial charge >= 0.3 is 0 Å². The van der Waals surface area contributed by atoms with E-state index in [0.29, 0.717) is 5.16 Å². The van der Waals surface area contributed by atoms with Crippen molar-refractivity contribution in [3.05, 3.63) is 24.3 Å². The Hall–Kier alpha value is -2.19. The van der Waals surface area contributed by atoms with Gasteiger partial charge in [0.15, 0.2) is 5.65 Å². The van der Waals surface area contributed by atoms with E-state index in [9.17, 15) is 4.79 Å². The number of aromatic nitrogens is 4. The molecule has 0 unspecified atom stereocenters. The average Bonchev–Trinajstić information content (AvgIpc) is 3.06. The lowest BCUT2D eigenvalue weighted by molar-refractivity contribution is -0.902. The number of quaternary nitrogens is 1. The van der Waals surface area contributed by atoms with Crippen LogP contribution in [-0.4, -0.2) is 68.5 Å². The zero-order valence-electron chi connectivity index (χ0n) is 16.7. The minimum absolute atomic E-state index is 0.167. The first-order chi connectivity index (χ1) is 13.6. The summed E-state index contributed by atoms with van der Waals surface area (Å²) in [4.78, 5) is 21.1. The highest BCUT2D eigenvalue weighted by Crippen LogP contribution is 2.28. The van der Waals surface area contributed by atoms with Crippen molar-refractivity contribution in [2.75, 3.05) is 32.7 Å². The van der Waals surface area contributed by atoms with Crippen LogP contribution in [0.3, 0.4) is 0 Å². The van der Waals surface area contributed by atoms with Gasteiger partial charge in [0.05, 0.1) is 43.5 Å². The van der Waals surface area contributed by atoms with E-state index in [1.54, 1.807) is 4.90 Å². The maximum absolute atomic E-state index is 12.8. The van der Waals surface area contributed by atoms with Crippen molar-refractivity contribution in [2.24, 2.45) is 0 Å². The van der Waals surface area contributed by atoms with Gasteiger partial charge in [-0.3, -0.25) is 4.79 Å². The molecule has 1 fully saturated rings. The number of aryl methyl sites for hydroxylation is 1. The summed E-state index contributed by atoms with van der Waals surface area (Å²) < 4.78 is 2.16.